The second-order valence-corrected chi connectivity index (χ2v) is 5.09. The molecule has 0 N–H and O–H groups in total. The summed E-state index contributed by atoms with van der Waals surface area (Å²) in [4.78, 5) is 12.3. The molecule has 1 aliphatic carbocycles. The van der Waals surface area contributed by atoms with Crippen LogP contribution in [0.25, 0.3) is 0 Å². The van der Waals surface area contributed by atoms with E-state index in [1.807, 2.05) is 24.3 Å². The van der Waals surface area contributed by atoms with Gasteiger partial charge in [0.1, 0.15) is 0 Å². The Bertz CT molecular complexity index is 367. The highest BCUT2D eigenvalue weighted by molar-refractivity contribution is 9.08. The third-order valence-electron chi connectivity index (χ3n) is 3.34. The van der Waals surface area contributed by atoms with Gasteiger partial charge in [-0.2, -0.15) is 0 Å². The Morgan fingerprint density at radius 1 is 1.25 bits per heavy atom. The molecule has 1 nitrogen and oxygen atoms in total. The third-order valence-corrected chi connectivity index (χ3v) is 3.99. The molecule has 0 atom stereocenters. The van der Waals surface area contributed by atoms with E-state index in [4.69, 9.17) is 0 Å². The van der Waals surface area contributed by atoms with Crippen LogP contribution in [0.2, 0.25) is 0 Å². The van der Waals surface area contributed by atoms with Crippen molar-refractivity contribution >= 4 is 21.7 Å². The van der Waals surface area contributed by atoms with Crippen LogP contribution in [0.1, 0.15) is 48.0 Å². The third kappa shape index (κ3) is 2.73. The molecular weight excluding hydrogens is 264 g/mol. The van der Waals surface area contributed by atoms with Crippen molar-refractivity contribution in [3.8, 4) is 0 Å². The van der Waals surface area contributed by atoms with Crippen molar-refractivity contribution in [3.05, 3.63) is 35.4 Å². The molecule has 0 bridgehead atoms. The average molecular weight is 281 g/mol. The number of alkyl halides is 1. The molecular formula is C14H17BrO. The predicted molar refractivity (Wildman–Crippen MR) is 70.0 cm³/mol. The summed E-state index contributed by atoms with van der Waals surface area (Å²) < 4.78 is 0. The van der Waals surface area contributed by atoms with Gasteiger partial charge >= 0.3 is 0 Å². The Hall–Kier alpha value is -0.630. The van der Waals surface area contributed by atoms with Crippen molar-refractivity contribution in [2.24, 2.45) is 5.92 Å². The lowest BCUT2D eigenvalue weighted by atomic mass is 9.84. The average Bonchev–Trinajstić information content (AvgIpc) is 2.39. The summed E-state index contributed by atoms with van der Waals surface area (Å²) in [6, 6.07) is 7.99. The van der Waals surface area contributed by atoms with Crippen LogP contribution in [0.15, 0.2) is 24.3 Å². The largest absolute Gasteiger partial charge is 0.294 e. The van der Waals surface area contributed by atoms with Gasteiger partial charge in [-0.05, 0) is 24.5 Å². The topological polar surface area (TPSA) is 17.1 Å². The summed E-state index contributed by atoms with van der Waals surface area (Å²) in [5.41, 5.74) is 2.07. The van der Waals surface area contributed by atoms with Crippen LogP contribution in [-0.2, 0) is 5.33 Å². The Morgan fingerprint density at radius 3 is 2.69 bits per heavy atom. The molecule has 0 radical (unpaired) electrons. The summed E-state index contributed by atoms with van der Waals surface area (Å²) in [6.45, 7) is 0. The van der Waals surface area contributed by atoms with Crippen LogP contribution in [0.3, 0.4) is 0 Å². The van der Waals surface area contributed by atoms with Gasteiger partial charge in [-0.15, -0.1) is 0 Å². The van der Waals surface area contributed by atoms with E-state index >= 15 is 0 Å². The van der Waals surface area contributed by atoms with Gasteiger partial charge in [0, 0.05) is 16.8 Å². The van der Waals surface area contributed by atoms with Gasteiger partial charge in [0.2, 0.25) is 0 Å². The Kier molecular flexibility index (Phi) is 4.16. The molecule has 0 unspecified atom stereocenters. The van der Waals surface area contributed by atoms with E-state index in [-0.39, 0.29) is 5.92 Å². The summed E-state index contributed by atoms with van der Waals surface area (Å²) in [7, 11) is 0. The standard InChI is InChI=1S/C14H17BrO/c15-10-11-5-4-8-13(9-11)14(16)12-6-2-1-3-7-12/h4-5,8-9,12H,1-3,6-7,10H2. The first-order chi connectivity index (χ1) is 7.81. The highest BCUT2D eigenvalue weighted by atomic mass is 79.9. The lowest BCUT2D eigenvalue weighted by Gasteiger charge is -2.20. The molecule has 0 spiro atoms. The highest BCUT2D eigenvalue weighted by Crippen LogP contribution is 2.27. The van der Waals surface area contributed by atoms with Gasteiger partial charge in [-0.25, -0.2) is 0 Å². The molecule has 0 aromatic heterocycles. The van der Waals surface area contributed by atoms with E-state index in [0.29, 0.717) is 5.78 Å². The summed E-state index contributed by atoms with van der Waals surface area (Å²) in [6.07, 6.45) is 5.89. The number of Topliss-reactive ketones (excluding diaryl/α,β-unsaturated/α-hetero) is 1. The molecule has 0 heterocycles. The number of hydrogen-bond donors (Lipinski definition) is 0. The molecule has 2 rings (SSSR count). The van der Waals surface area contributed by atoms with E-state index < -0.39 is 0 Å². The number of benzene rings is 1. The Morgan fingerprint density at radius 2 is 2.00 bits per heavy atom. The minimum Gasteiger partial charge on any atom is -0.294 e. The van der Waals surface area contributed by atoms with Crippen LogP contribution >= 0.6 is 15.9 Å². The number of carbonyl (C=O) groups is 1. The minimum absolute atomic E-state index is 0.277. The highest BCUT2D eigenvalue weighted by Gasteiger charge is 2.22. The first kappa shape index (κ1) is 11.8. The van der Waals surface area contributed by atoms with E-state index in [1.54, 1.807) is 0 Å². The smallest absolute Gasteiger partial charge is 0.165 e. The molecule has 1 fully saturated rings. The zero-order valence-electron chi connectivity index (χ0n) is 9.42. The summed E-state index contributed by atoms with van der Waals surface area (Å²) in [5.74, 6) is 0.627. The van der Waals surface area contributed by atoms with Crippen LogP contribution in [0, 0.1) is 5.92 Å². The van der Waals surface area contributed by atoms with Gasteiger partial charge in [0.05, 0.1) is 0 Å². The fraction of sp³-hybridized carbons (Fsp3) is 0.500. The van der Waals surface area contributed by atoms with Crippen molar-refractivity contribution in [2.75, 3.05) is 0 Å². The molecule has 1 aromatic rings. The first-order valence-electron chi connectivity index (χ1n) is 6.00. The fourth-order valence-corrected chi connectivity index (χ4v) is 2.76. The number of ketones is 1. The van der Waals surface area contributed by atoms with E-state index in [1.165, 1.54) is 24.8 Å². The van der Waals surface area contributed by atoms with Crippen LogP contribution in [0.5, 0.6) is 0 Å². The lowest BCUT2D eigenvalue weighted by molar-refractivity contribution is 0.0889. The van der Waals surface area contributed by atoms with E-state index in [2.05, 4.69) is 15.9 Å². The minimum atomic E-state index is 0.277. The van der Waals surface area contributed by atoms with Gasteiger partial charge in [0.25, 0.3) is 0 Å². The zero-order chi connectivity index (χ0) is 11.4. The molecule has 1 aliphatic rings. The summed E-state index contributed by atoms with van der Waals surface area (Å²) in [5, 5.41) is 0.818. The van der Waals surface area contributed by atoms with Crippen molar-refractivity contribution in [2.45, 2.75) is 37.4 Å². The van der Waals surface area contributed by atoms with Crippen molar-refractivity contribution < 1.29 is 4.79 Å². The van der Waals surface area contributed by atoms with Crippen molar-refractivity contribution in [1.82, 2.24) is 0 Å². The Labute approximate surface area is 105 Å². The second-order valence-electron chi connectivity index (χ2n) is 4.53. The number of halogens is 1. The van der Waals surface area contributed by atoms with E-state index in [9.17, 15) is 4.79 Å². The molecule has 86 valence electrons. The maximum atomic E-state index is 12.3. The SMILES string of the molecule is O=C(c1cccc(CBr)c1)C1CCCCC1. The quantitative estimate of drug-likeness (QED) is 0.595. The lowest BCUT2D eigenvalue weighted by Crippen LogP contribution is -2.17. The van der Waals surface area contributed by atoms with Gasteiger partial charge < -0.3 is 0 Å². The number of hydrogen-bond acceptors (Lipinski definition) is 1. The molecule has 1 aromatic carbocycles. The van der Waals surface area contributed by atoms with Gasteiger partial charge in [0.15, 0.2) is 5.78 Å². The van der Waals surface area contributed by atoms with Crippen LogP contribution < -0.4 is 0 Å². The summed E-state index contributed by atoms with van der Waals surface area (Å²) >= 11 is 3.43. The molecule has 0 amide bonds. The molecule has 0 saturated heterocycles. The monoisotopic (exact) mass is 280 g/mol. The van der Waals surface area contributed by atoms with Crippen LogP contribution in [0.4, 0.5) is 0 Å². The van der Waals surface area contributed by atoms with Gasteiger partial charge in [-0.1, -0.05) is 53.4 Å². The fourth-order valence-electron chi connectivity index (χ4n) is 2.41. The first-order valence-corrected chi connectivity index (χ1v) is 7.12. The zero-order valence-corrected chi connectivity index (χ0v) is 11.0. The Balaban J connectivity index is 2.12. The molecule has 0 aliphatic heterocycles. The number of carbonyl (C=O) groups excluding carboxylic acids is 1. The molecule has 16 heavy (non-hydrogen) atoms. The maximum Gasteiger partial charge on any atom is 0.165 e. The van der Waals surface area contributed by atoms with E-state index in [0.717, 1.165) is 23.7 Å². The van der Waals surface area contributed by atoms with Crippen molar-refractivity contribution in [1.29, 1.82) is 0 Å². The van der Waals surface area contributed by atoms with Crippen molar-refractivity contribution in [3.63, 3.8) is 0 Å². The van der Waals surface area contributed by atoms with Gasteiger partial charge in [-0.3, -0.25) is 4.79 Å². The molecule has 2 heteroatoms. The molecule has 1 saturated carbocycles. The normalized spacial score (nSPS) is 17.3. The number of rotatable bonds is 3. The second kappa shape index (κ2) is 5.62. The predicted octanol–water partition coefficient (Wildman–Crippen LogP) is 4.34. The van der Waals surface area contributed by atoms with Crippen LogP contribution in [-0.4, -0.2) is 5.78 Å². The maximum absolute atomic E-state index is 12.3.